The van der Waals surface area contributed by atoms with Gasteiger partial charge in [0.1, 0.15) is 25.1 Å². The van der Waals surface area contributed by atoms with Crippen LogP contribution in [-0.2, 0) is 16.1 Å². The molecule has 2 aromatic heterocycles. The molecule has 2 atom stereocenters. The van der Waals surface area contributed by atoms with E-state index in [2.05, 4.69) is 20.6 Å². The van der Waals surface area contributed by atoms with Crippen LogP contribution in [0.3, 0.4) is 0 Å². The minimum atomic E-state index is -1.31. The number of halogens is 1. The van der Waals surface area contributed by atoms with Crippen molar-refractivity contribution < 1.29 is 18.8 Å². The lowest BCUT2D eigenvalue weighted by atomic mass is 10.1. The van der Waals surface area contributed by atoms with Gasteiger partial charge in [0.2, 0.25) is 11.8 Å². The highest BCUT2D eigenvalue weighted by Gasteiger charge is 2.40. The van der Waals surface area contributed by atoms with E-state index in [-0.39, 0.29) is 25.3 Å². The van der Waals surface area contributed by atoms with Crippen LogP contribution in [0, 0.1) is 0 Å². The molecule has 0 spiro atoms. The Hall–Kier alpha value is -5.12. The van der Waals surface area contributed by atoms with E-state index in [1.54, 1.807) is 29.2 Å². The molecule has 10 heteroatoms. The van der Waals surface area contributed by atoms with Crippen LogP contribution in [0.15, 0.2) is 85.6 Å². The molecule has 5 aromatic rings. The number of hydrogen-bond acceptors (Lipinski definition) is 6. The SMILES string of the molecule is CC(=O)c1cn(CC(=O)N2C[C@H](F)C[C@H]2C(=O)Nc2ccc3ccccc3c2)c2ccc(Nc3cncnc3)cc12. The molecule has 41 heavy (non-hydrogen) atoms. The number of likely N-dealkylation sites (tertiary alicyclic amines) is 1. The van der Waals surface area contributed by atoms with Gasteiger partial charge in [0, 0.05) is 40.5 Å². The Balaban J connectivity index is 1.22. The second-order valence-electron chi connectivity index (χ2n) is 10.2. The molecular weight excluding hydrogens is 523 g/mol. The number of fused-ring (bicyclic) bond motifs is 2. The number of Topliss-reactive ketones (excluding diaryl/α,β-unsaturated/α-hetero) is 1. The monoisotopic (exact) mass is 550 g/mol. The summed E-state index contributed by atoms with van der Waals surface area (Å²) >= 11 is 0. The third kappa shape index (κ3) is 5.36. The predicted molar refractivity (Wildman–Crippen MR) is 155 cm³/mol. The summed E-state index contributed by atoms with van der Waals surface area (Å²) in [5.41, 5.74) is 3.12. The van der Waals surface area contributed by atoms with E-state index in [0.29, 0.717) is 27.8 Å². The van der Waals surface area contributed by atoms with E-state index in [0.717, 1.165) is 16.5 Å². The van der Waals surface area contributed by atoms with Crippen LogP contribution in [0.5, 0.6) is 0 Å². The summed E-state index contributed by atoms with van der Waals surface area (Å²) in [5.74, 6) is -0.991. The molecule has 2 N–H and O–H groups in total. The lowest BCUT2D eigenvalue weighted by Crippen LogP contribution is -2.44. The molecule has 0 bridgehead atoms. The molecule has 6 rings (SSSR count). The first-order chi connectivity index (χ1) is 19.9. The van der Waals surface area contributed by atoms with E-state index in [1.807, 2.05) is 54.6 Å². The number of rotatable bonds is 7. The van der Waals surface area contributed by atoms with Gasteiger partial charge in [0.15, 0.2) is 5.78 Å². The molecule has 2 amide bonds. The van der Waals surface area contributed by atoms with E-state index >= 15 is 0 Å². The van der Waals surface area contributed by atoms with Gasteiger partial charge >= 0.3 is 0 Å². The van der Waals surface area contributed by atoms with Crippen molar-refractivity contribution >= 4 is 56.3 Å². The molecule has 9 nitrogen and oxygen atoms in total. The smallest absolute Gasteiger partial charge is 0.247 e. The summed E-state index contributed by atoms with van der Waals surface area (Å²) < 4.78 is 16.2. The van der Waals surface area contributed by atoms with Gasteiger partial charge in [-0.2, -0.15) is 0 Å². The number of aromatic nitrogens is 3. The molecule has 1 fully saturated rings. The molecule has 0 unspecified atom stereocenters. The second kappa shape index (κ2) is 10.8. The molecule has 0 aliphatic carbocycles. The maximum Gasteiger partial charge on any atom is 0.247 e. The maximum absolute atomic E-state index is 14.6. The Morgan fingerprint density at radius 3 is 2.49 bits per heavy atom. The number of benzene rings is 3. The van der Waals surface area contributed by atoms with Gasteiger partial charge in [-0.3, -0.25) is 14.4 Å². The van der Waals surface area contributed by atoms with Crippen molar-refractivity contribution in [3.8, 4) is 0 Å². The minimum Gasteiger partial charge on any atom is -0.353 e. The van der Waals surface area contributed by atoms with Crippen LogP contribution >= 0.6 is 0 Å². The van der Waals surface area contributed by atoms with Gasteiger partial charge in [-0.15, -0.1) is 0 Å². The molecule has 3 aromatic carbocycles. The zero-order valence-corrected chi connectivity index (χ0v) is 22.3. The highest BCUT2D eigenvalue weighted by atomic mass is 19.1. The average molecular weight is 551 g/mol. The summed E-state index contributed by atoms with van der Waals surface area (Å²) in [4.78, 5) is 48.5. The fourth-order valence-corrected chi connectivity index (χ4v) is 5.35. The number of nitrogens with one attached hydrogen (secondary N) is 2. The van der Waals surface area contributed by atoms with Gasteiger partial charge < -0.3 is 20.1 Å². The number of alkyl halides is 1. The third-order valence-electron chi connectivity index (χ3n) is 7.31. The number of ketones is 1. The molecule has 3 heterocycles. The minimum absolute atomic E-state index is 0.0749. The Morgan fingerprint density at radius 1 is 0.951 bits per heavy atom. The maximum atomic E-state index is 14.6. The van der Waals surface area contributed by atoms with Crippen LogP contribution in [0.2, 0.25) is 0 Å². The number of hydrogen-bond donors (Lipinski definition) is 2. The van der Waals surface area contributed by atoms with Crippen molar-refractivity contribution in [2.24, 2.45) is 0 Å². The Bertz CT molecular complexity index is 1790. The van der Waals surface area contributed by atoms with Crippen LogP contribution in [0.1, 0.15) is 23.7 Å². The average Bonchev–Trinajstić information content (AvgIpc) is 3.54. The quantitative estimate of drug-likeness (QED) is 0.273. The number of nitrogens with zero attached hydrogens (tertiary/aromatic N) is 4. The van der Waals surface area contributed by atoms with Crippen LogP contribution in [0.25, 0.3) is 21.7 Å². The molecule has 1 aliphatic rings. The summed E-state index contributed by atoms with van der Waals surface area (Å²) in [7, 11) is 0. The van der Waals surface area contributed by atoms with Gasteiger partial charge in [0.25, 0.3) is 0 Å². The molecule has 1 aliphatic heterocycles. The van der Waals surface area contributed by atoms with Crippen molar-refractivity contribution in [1.29, 1.82) is 0 Å². The van der Waals surface area contributed by atoms with Crippen molar-refractivity contribution in [2.75, 3.05) is 17.2 Å². The van der Waals surface area contributed by atoms with Crippen LogP contribution in [0.4, 0.5) is 21.5 Å². The fourth-order valence-electron chi connectivity index (χ4n) is 5.35. The lowest BCUT2D eigenvalue weighted by molar-refractivity contribution is -0.137. The van der Waals surface area contributed by atoms with Gasteiger partial charge in [-0.1, -0.05) is 30.3 Å². The first-order valence-corrected chi connectivity index (χ1v) is 13.2. The zero-order valence-electron chi connectivity index (χ0n) is 22.3. The summed E-state index contributed by atoms with van der Waals surface area (Å²) in [5, 5.41) is 8.72. The number of carbonyl (C=O) groups excluding carboxylic acids is 3. The number of anilines is 3. The predicted octanol–water partition coefficient (Wildman–Crippen LogP) is 5.11. The van der Waals surface area contributed by atoms with Crippen molar-refractivity contribution in [1.82, 2.24) is 19.4 Å². The molecule has 206 valence electrons. The van der Waals surface area contributed by atoms with Crippen molar-refractivity contribution in [2.45, 2.75) is 32.1 Å². The Morgan fingerprint density at radius 2 is 1.71 bits per heavy atom. The second-order valence-corrected chi connectivity index (χ2v) is 10.2. The molecule has 0 radical (unpaired) electrons. The third-order valence-corrected chi connectivity index (χ3v) is 7.31. The summed E-state index contributed by atoms with van der Waals surface area (Å²) in [6.45, 7) is 1.16. The standard InChI is InChI=1S/C31H27FN6O3/c1-19(39)27-16-37(28-9-8-24(12-26(27)28)35-25-13-33-18-34-14-25)17-30(40)38-15-22(32)11-29(38)31(41)36-23-7-6-20-4-2-3-5-21(20)10-23/h2-10,12-14,16,18,22,29,35H,11,15,17H2,1H3,(H,36,41)/t22-,29+/m1/s1. The zero-order chi connectivity index (χ0) is 28.5. The normalized spacial score (nSPS) is 16.7. The highest BCUT2D eigenvalue weighted by Crippen LogP contribution is 2.29. The fraction of sp³-hybridized carbons (Fsp3) is 0.194. The topological polar surface area (TPSA) is 109 Å². The largest absolute Gasteiger partial charge is 0.353 e. The van der Waals surface area contributed by atoms with E-state index in [4.69, 9.17) is 0 Å². The van der Waals surface area contributed by atoms with Gasteiger partial charge in [-0.25, -0.2) is 14.4 Å². The first kappa shape index (κ1) is 26.1. The van der Waals surface area contributed by atoms with Gasteiger partial charge in [-0.05, 0) is 48.0 Å². The molecular formula is C31H27FN6O3. The molecule has 0 saturated carbocycles. The van der Waals surface area contributed by atoms with E-state index < -0.39 is 24.0 Å². The highest BCUT2D eigenvalue weighted by molar-refractivity contribution is 6.08. The number of carbonyl (C=O) groups is 3. The molecule has 1 saturated heterocycles. The first-order valence-electron chi connectivity index (χ1n) is 13.2. The Labute approximate surface area is 235 Å². The van der Waals surface area contributed by atoms with Crippen LogP contribution in [-0.4, -0.2) is 55.8 Å². The van der Waals surface area contributed by atoms with E-state index in [1.165, 1.54) is 18.2 Å². The Kier molecular flexibility index (Phi) is 6.88. The van der Waals surface area contributed by atoms with Crippen molar-refractivity contribution in [3.05, 3.63) is 91.1 Å². The summed E-state index contributed by atoms with van der Waals surface area (Å²) in [6.07, 6.45) is 4.95. The van der Waals surface area contributed by atoms with E-state index in [9.17, 15) is 18.8 Å². The van der Waals surface area contributed by atoms with Crippen LogP contribution < -0.4 is 10.6 Å². The number of amides is 2. The van der Waals surface area contributed by atoms with Crippen molar-refractivity contribution in [3.63, 3.8) is 0 Å². The summed E-state index contributed by atoms with van der Waals surface area (Å²) in [6, 6.07) is 17.8. The lowest BCUT2D eigenvalue weighted by Gasteiger charge is -2.24. The van der Waals surface area contributed by atoms with Gasteiger partial charge in [0.05, 0.1) is 24.6 Å².